The third-order valence-corrected chi connectivity index (χ3v) is 3.03. The number of hydrogen-bond donors (Lipinski definition) is 0. The van der Waals surface area contributed by atoms with Gasteiger partial charge < -0.3 is 9.47 Å². The number of ether oxygens (including phenoxy) is 2. The van der Waals surface area contributed by atoms with Crippen LogP contribution in [0.4, 0.5) is 0 Å². The first-order valence-corrected chi connectivity index (χ1v) is 5.29. The quantitative estimate of drug-likeness (QED) is 0.654. The minimum Gasteiger partial charge on any atom is -0.493 e. The van der Waals surface area contributed by atoms with E-state index in [0.717, 1.165) is 48.2 Å². The Morgan fingerprint density at radius 2 is 2.13 bits per heavy atom. The summed E-state index contributed by atoms with van der Waals surface area (Å²) in [6, 6.07) is 2.03. The zero-order chi connectivity index (χ0) is 10.3. The van der Waals surface area contributed by atoms with Crippen molar-refractivity contribution in [2.75, 3.05) is 13.2 Å². The first-order valence-electron chi connectivity index (χ1n) is 5.29. The molecule has 2 heterocycles. The standard InChI is InChI=1S/C12H12O3/c13-7-10-9-3-5-14-11(9)6-8-2-1-4-15-12(8)10/h6-7H,1-5H2. The van der Waals surface area contributed by atoms with E-state index < -0.39 is 0 Å². The van der Waals surface area contributed by atoms with Crippen LogP contribution in [-0.4, -0.2) is 19.5 Å². The summed E-state index contributed by atoms with van der Waals surface area (Å²) < 4.78 is 11.1. The molecule has 0 bridgehead atoms. The van der Waals surface area contributed by atoms with Crippen LogP contribution >= 0.6 is 0 Å². The van der Waals surface area contributed by atoms with Gasteiger partial charge >= 0.3 is 0 Å². The molecule has 0 saturated heterocycles. The molecule has 0 fully saturated rings. The van der Waals surface area contributed by atoms with E-state index >= 15 is 0 Å². The number of rotatable bonds is 1. The number of aldehydes is 1. The molecule has 0 aromatic heterocycles. The lowest BCUT2D eigenvalue weighted by Gasteiger charge is -2.20. The molecule has 15 heavy (non-hydrogen) atoms. The van der Waals surface area contributed by atoms with Gasteiger partial charge in [-0.05, 0) is 24.5 Å². The summed E-state index contributed by atoms with van der Waals surface area (Å²) in [4.78, 5) is 11.1. The van der Waals surface area contributed by atoms with Crippen molar-refractivity contribution in [3.8, 4) is 11.5 Å². The van der Waals surface area contributed by atoms with Crippen LogP contribution in [0.5, 0.6) is 11.5 Å². The van der Waals surface area contributed by atoms with E-state index in [2.05, 4.69) is 0 Å². The van der Waals surface area contributed by atoms with Gasteiger partial charge in [0.2, 0.25) is 0 Å². The summed E-state index contributed by atoms with van der Waals surface area (Å²) in [5.74, 6) is 1.67. The number of fused-ring (bicyclic) bond motifs is 2. The zero-order valence-electron chi connectivity index (χ0n) is 8.41. The van der Waals surface area contributed by atoms with Gasteiger partial charge in [0.1, 0.15) is 11.5 Å². The second-order valence-corrected chi connectivity index (χ2v) is 3.92. The van der Waals surface area contributed by atoms with E-state index in [1.165, 1.54) is 0 Å². The Morgan fingerprint density at radius 1 is 1.20 bits per heavy atom. The predicted octanol–water partition coefficient (Wildman–Crippen LogP) is 1.76. The molecule has 3 heteroatoms. The Morgan fingerprint density at radius 3 is 3.00 bits per heavy atom. The molecule has 0 spiro atoms. The number of carbonyl (C=O) groups is 1. The Labute approximate surface area is 88.0 Å². The van der Waals surface area contributed by atoms with Gasteiger partial charge in [-0.15, -0.1) is 0 Å². The monoisotopic (exact) mass is 204 g/mol. The average Bonchev–Trinajstić information content (AvgIpc) is 2.73. The molecular weight excluding hydrogens is 192 g/mol. The molecule has 0 unspecified atom stereocenters. The Balaban J connectivity index is 2.24. The molecule has 0 N–H and O–H groups in total. The summed E-state index contributed by atoms with van der Waals surface area (Å²) in [7, 11) is 0. The Kier molecular flexibility index (Phi) is 1.91. The van der Waals surface area contributed by atoms with Crippen LogP contribution in [0.2, 0.25) is 0 Å². The molecule has 3 rings (SSSR count). The second-order valence-electron chi connectivity index (χ2n) is 3.92. The van der Waals surface area contributed by atoms with E-state index in [1.54, 1.807) is 0 Å². The van der Waals surface area contributed by atoms with E-state index in [9.17, 15) is 4.79 Å². The third kappa shape index (κ3) is 1.23. The molecule has 1 aromatic rings. The fraction of sp³-hybridized carbons (Fsp3) is 0.417. The van der Waals surface area contributed by atoms with Crippen molar-refractivity contribution in [3.05, 3.63) is 22.8 Å². The fourth-order valence-corrected chi connectivity index (χ4v) is 2.32. The highest BCUT2D eigenvalue weighted by molar-refractivity contribution is 5.84. The van der Waals surface area contributed by atoms with Crippen LogP contribution in [0.25, 0.3) is 0 Å². The maximum atomic E-state index is 11.1. The van der Waals surface area contributed by atoms with Gasteiger partial charge in [0.15, 0.2) is 6.29 Å². The van der Waals surface area contributed by atoms with Crippen molar-refractivity contribution >= 4 is 6.29 Å². The molecule has 0 amide bonds. The van der Waals surface area contributed by atoms with Gasteiger partial charge in [0.25, 0.3) is 0 Å². The van der Waals surface area contributed by atoms with Crippen molar-refractivity contribution in [2.45, 2.75) is 19.3 Å². The summed E-state index contributed by atoms with van der Waals surface area (Å²) in [5.41, 5.74) is 2.84. The van der Waals surface area contributed by atoms with Crippen molar-refractivity contribution in [3.63, 3.8) is 0 Å². The lowest BCUT2D eigenvalue weighted by atomic mass is 9.97. The van der Waals surface area contributed by atoms with E-state index in [4.69, 9.17) is 9.47 Å². The minimum absolute atomic E-state index is 0.680. The third-order valence-electron chi connectivity index (χ3n) is 3.03. The minimum atomic E-state index is 0.680. The fourth-order valence-electron chi connectivity index (χ4n) is 2.32. The smallest absolute Gasteiger partial charge is 0.154 e. The van der Waals surface area contributed by atoms with Crippen LogP contribution in [0, 0.1) is 0 Å². The highest BCUT2D eigenvalue weighted by Gasteiger charge is 2.24. The largest absolute Gasteiger partial charge is 0.493 e. The predicted molar refractivity (Wildman–Crippen MR) is 54.8 cm³/mol. The molecule has 0 saturated carbocycles. The zero-order valence-corrected chi connectivity index (χ0v) is 8.41. The summed E-state index contributed by atoms with van der Waals surface area (Å²) >= 11 is 0. The molecular formula is C12H12O3. The first-order chi connectivity index (χ1) is 7.40. The first kappa shape index (κ1) is 8.77. The maximum Gasteiger partial charge on any atom is 0.154 e. The van der Waals surface area contributed by atoms with Gasteiger partial charge in [-0.3, -0.25) is 4.79 Å². The normalized spacial score (nSPS) is 17.3. The van der Waals surface area contributed by atoms with Gasteiger partial charge in [0.05, 0.1) is 18.8 Å². The maximum absolute atomic E-state index is 11.1. The van der Waals surface area contributed by atoms with Crippen LogP contribution in [0.3, 0.4) is 0 Å². The number of carbonyl (C=O) groups excluding carboxylic acids is 1. The number of aryl methyl sites for hydroxylation is 1. The Hall–Kier alpha value is -1.51. The summed E-state index contributed by atoms with van der Waals surface area (Å²) in [6.07, 6.45) is 3.72. The summed E-state index contributed by atoms with van der Waals surface area (Å²) in [6.45, 7) is 1.40. The molecule has 3 nitrogen and oxygen atoms in total. The molecule has 2 aliphatic heterocycles. The Bertz CT molecular complexity index is 423. The van der Waals surface area contributed by atoms with Crippen LogP contribution in [0.1, 0.15) is 27.9 Å². The SMILES string of the molecule is O=Cc1c2c(cc3c1OCCC3)OCC2. The molecule has 2 aliphatic rings. The lowest BCUT2D eigenvalue weighted by Crippen LogP contribution is -2.11. The molecule has 1 aromatic carbocycles. The van der Waals surface area contributed by atoms with E-state index in [1.807, 2.05) is 6.07 Å². The van der Waals surface area contributed by atoms with Crippen LogP contribution in [-0.2, 0) is 12.8 Å². The van der Waals surface area contributed by atoms with Crippen molar-refractivity contribution in [1.82, 2.24) is 0 Å². The molecule has 0 atom stereocenters. The number of hydrogen-bond acceptors (Lipinski definition) is 3. The van der Waals surface area contributed by atoms with E-state index in [0.29, 0.717) is 18.8 Å². The van der Waals surface area contributed by atoms with Crippen molar-refractivity contribution in [1.29, 1.82) is 0 Å². The lowest BCUT2D eigenvalue weighted by molar-refractivity contribution is 0.111. The molecule has 0 aliphatic carbocycles. The number of benzene rings is 1. The highest BCUT2D eigenvalue weighted by atomic mass is 16.5. The van der Waals surface area contributed by atoms with Crippen molar-refractivity contribution in [2.24, 2.45) is 0 Å². The van der Waals surface area contributed by atoms with Crippen molar-refractivity contribution < 1.29 is 14.3 Å². The van der Waals surface area contributed by atoms with Crippen LogP contribution < -0.4 is 9.47 Å². The molecule has 78 valence electrons. The van der Waals surface area contributed by atoms with Gasteiger partial charge in [-0.1, -0.05) is 0 Å². The molecule has 0 radical (unpaired) electrons. The second kappa shape index (κ2) is 3.26. The summed E-state index contributed by atoms with van der Waals surface area (Å²) in [5, 5.41) is 0. The topological polar surface area (TPSA) is 35.5 Å². The van der Waals surface area contributed by atoms with Gasteiger partial charge in [-0.2, -0.15) is 0 Å². The average molecular weight is 204 g/mol. The van der Waals surface area contributed by atoms with E-state index in [-0.39, 0.29) is 0 Å². The van der Waals surface area contributed by atoms with Crippen LogP contribution in [0.15, 0.2) is 6.07 Å². The van der Waals surface area contributed by atoms with Gasteiger partial charge in [-0.25, -0.2) is 0 Å². The highest BCUT2D eigenvalue weighted by Crippen LogP contribution is 2.38. The van der Waals surface area contributed by atoms with Gasteiger partial charge in [0, 0.05) is 12.0 Å².